The molecular weight excluding hydrogens is 733 g/mol. The van der Waals surface area contributed by atoms with E-state index in [-0.39, 0.29) is 30.1 Å². The van der Waals surface area contributed by atoms with E-state index in [4.69, 9.17) is 5.11 Å². The number of nitriles is 2. The van der Waals surface area contributed by atoms with Gasteiger partial charge in [0.1, 0.15) is 36.4 Å². The molecule has 0 radical (unpaired) electrons. The first kappa shape index (κ1) is 41.5. The first-order chi connectivity index (χ1) is 28.1. The highest BCUT2D eigenvalue weighted by molar-refractivity contribution is 6.13. The molecule has 0 fully saturated rings. The van der Waals surface area contributed by atoms with E-state index < -0.39 is 17.8 Å². The SMILES string of the molecule is CCCCN(C(=O)/C(C#N)=C/c1cn(CC(=O)O)c2ccccc12)c1ccccc1.CCN(C(=O)/C(C#N)=C/c1cn(CC(=O)O)c2ccccc12)c1ccccc1. The predicted octanol–water partition coefficient (Wildman–Crippen LogP) is 8.15. The van der Waals surface area contributed by atoms with Crippen molar-refractivity contribution in [3.63, 3.8) is 0 Å². The van der Waals surface area contributed by atoms with Gasteiger partial charge >= 0.3 is 11.9 Å². The van der Waals surface area contributed by atoms with Crippen molar-refractivity contribution >= 4 is 69.1 Å². The number of aliphatic carboxylic acids is 2. The third-order valence-electron chi connectivity index (χ3n) is 9.23. The third-order valence-corrected chi connectivity index (χ3v) is 9.23. The summed E-state index contributed by atoms with van der Waals surface area (Å²) >= 11 is 0. The predicted molar refractivity (Wildman–Crippen MR) is 224 cm³/mol. The van der Waals surface area contributed by atoms with Gasteiger partial charge in [0.25, 0.3) is 11.8 Å². The molecule has 292 valence electrons. The van der Waals surface area contributed by atoms with Crippen LogP contribution in [0.1, 0.15) is 37.8 Å². The third kappa shape index (κ3) is 9.93. The molecule has 0 bridgehead atoms. The summed E-state index contributed by atoms with van der Waals surface area (Å²) in [4.78, 5) is 51.7. The number of nitrogens with zero attached hydrogens (tertiary/aromatic N) is 6. The van der Waals surface area contributed by atoms with Crippen molar-refractivity contribution in [3.05, 3.63) is 144 Å². The highest BCUT2D eigenvalue weighted by Crippen LogP contribution is 2.27. The molecule has 2 aromatic heterocycles. The quantitative estimate of drug-likeness (QED) is 0.0824. The fraction of sp³-hybridized carbons (Fsp3) is 0.174. The molecule has 58 heavy (non-hydrogen) atoms. The van der Waals surface area contributed by atoms with Gasteiger partial charge in [-0.3, -0.25) is 19.2 Å². The maximum Gasteiger partial charge on any atom is 0.323 e. The Kier molecular flexibility index (Phi) is 14.1. The topological polar surface area (TPSA) is 173 Å². The number of aromatic nitrogens is 2. The fourth-order valence-electron chi connectivity index (χ4n) is 6.54. The highest BCUT2D eigenvalue weighted by atomic mass is 16.4. The minimum absolute atomic E-state index is 0.00758. The summed E-state index contributed by atoms with van der Waals surface area (Å²) in [5, 5.41) is 39.2. The number of likely N-dealkylation sites (N-methyl/N-ethyl adjacent to an activating group) is 1. The van der Waals surface area contributed by atoms with Crippen LogP contribution >= 0.6 is 0 Å². The number of rotatable bonds is 14. The van der Waals surface area contributed by atoms with Crippen LogP contribution in [0, 0.1) is 22.7 Å². The van der Waals surface area contributed by atoms with E-state index in [1.54, 1.807) is 32.5 Å². The normalized spacial score (nSPS) is 11.2. The molecule has 0 aliphatic rings. The summed E-state index contributed by atoms with van der Waals surface area (Å²) < 4.78 is 3.20. The number of para-hydroxylation sites is 4. The van der Waals surface area contributed by atoms with E-state index in [1.807, 2.05) is 135 Å². The second-order valence-electron chi connectivity index (χ2n) is 13.1. The molecule has 0 atom stereocenters. The van der Waals surface area contributed by atoms with E-state index >= 15 is 0 Å². The first-order valence-corrected chi connectivity index (χ1v) is 18.7. The average molecular weight is 775 g/mol. The molecule has 12 nitrogen and oxygen atoms in total. The Morgan fingerprint density at radius 3 is 1.40 bits per heavy atom. The summed E-state index contributed by atoms with van der Waals surface area (Å²) in [6.45, 7) is 4.43. The molecule has 0 spiro atoms. The number of amides is 2. The Balaban J connectivity index is 0.000000221. The first-order valence-electron chi connectivity index (χ1n) is 18.7. The van der Waals surface area contributed by atoms with E-state index in [0.29, 0.717) is 29.9 Å². The monoisotopic (exact) mass is 774 g/mol. The van der Waals surface area contributed by atoms with Gasteiger partial charge in [0.2, 0.25) is 0 Å². The largest absolute Gasteiger partial charge is 0.480 e. The van der Waals surface area contributed by atoms with Crippen molar-refractivity contribution in [3.8, 4) is 12.1 Å². The Bertz CT molecular complexity index is 2570. The van der Waals surface area contributed by atoms with Gasteiger partial charge in [0.15, 0.2) is 0 Å². The Morgan fingerprint density at radius 2 is 1.00 bits per heavy atom. The van der Waals surface area contributed by atoms with Gasteiger partial charge in [-0.25, -0.2) is 0 Å². The second kappa shape index (κ2) is 19.8. The summed E-state index contributed by atoms with van der Waals surface area (Å²) in [5.41, 5.74) is 4.19. The van der Waals surface area contributed by atoms with Gasteiger partial charge in [-0.1, -0.05) is 86.1 Å². The second-order valence-corrected chi connectivity index (χ2v) is 13.1. The molecule has 0 aliphatic heterocycles. The number of hydrogen-bond donors (Lipinski definition) is 2. The van der Waals surface area contributed by atoms with Crippen LogP contribution in [-0.4, -0.2) is 56.2 Å². The minimum Gasteiger partial charge on any atom is -0.480 e. The van der Waals surface area contributed by atoms with Crippen LogP contribution in [0.5, 0.6) is 0 Å². The molecule has 4 aromatic carbocycles. The molecule has 2 amide bonds. The zero-order valence-electron chi connectivity index (χ0n) is 32.2. The van der Waals surface area contributed by atoms with Crippen LogP contribution in [0.25, 0.3) is 34.0 Å². The smallest absolute Gasteiger partial charge is 0.323 e. The van der Waals surface area contributed by atoms with Crippen LogP contribution < -0.4 is 9.80 Å². The standard InChI is InChI=1S/C24H23N3O3.C22H19N3O3/c1-2-3-13-27(20-9-5-4-6-10-20)24(30)18(15-25)14-19-16-26(17-23(28)29)22-12-8-7-11-21(19)22;1-2-25(18-8-4-3-5-9-18)22(28)16(13-23)12-17-14-24(15-21(26)27)20-11-7-6-10-19(17)20/h4-12,14,16H,2-3,13,17H2,1H3,(H,28,29);3-12,14H,2,15H2,1H3,(H,26,27)/b18-14+;16-12+. The van der Waals surface area contributed by atoms with Crippen LogP contribution in [0.4, 0.5) is 11.4 Å². The average Bonchev–Trinajstić information content (AvgIpc) is 3.76. The van der Waals surface area contributed by atoms with E-state index in [0.717, 1.165) is 40.3 Å². The van der Waals surface area contributed by atoms with Crippen molar-refractivity contribution in [2.75, 3.05) is 22.9 Å². The number of carbonyl (C=O) groups is 4. The summed E-state index contributed by atoms with van der Waals surface area (Å²) in [7, 11) is 0. The number of carbonyl (C=O) groups excluding carboxylic acids is 2. The van der Waals surface area contributed by atoms with Crippen molar-refractivity contribution in [2.45, 2.75) is 39.8 Å². The maximum absolute atomic E-state index is 13.2. The molecule has 6 rings (SSSR count). The number of fused-ring (bicyclic) bond motifs is 2. The molecule has 0 saturated carbocycles. The fourth-order valence-corrected chi connectivity index (χ4v) is 6.54. The molecule has 6 aromatic rings. The summed E-state index contributed by atoms with van der Waals surface area (Å²) in [6.07, 6.45) is 8.13. The van der Waals surface area contributed by atoms with Gasteiger partial charge in [-0.05, 0) is 61.9 Å². The summed E-state index contributed by atoms with van der Waals surface area (Å²) in [5.74, 6) is -2.69. The van der Waals surface area contributed by atoms with Crippen LogP contribution in [0.15, 0.2) is 133 Å². The van der Waals surface area contributed by atoms with Crippen molar-refractivity contribution in [1.82, 2.24) is 9.13 Å². The van der Waals surface area contributed by atoms with Gasteiger partial charge in [0.05, 0.1) is 0 Å². The molecule has 0 saturated heterocycles. The molecular formula is C46H42N6O6. The number of anilines is 2. The van der Waals surface area contributed by atoms with Crippen LogP contribution in [-0.2, 0) is 32.3 Å². The zero-order chi connectivity index (χ0) is 41.6. The molecule has 12 heteroatoms. The Labute approximate surface area is 336 Å². The Hall–Kier alpha value is -7.70. The number of carboxylic acids is 2. The molecule has 0 aliphatic carbocycles. The molecule has 0 unspecified atom stereocenters. The lowest BCUT2D eigenvalue weighted by atomic mass is 10.1. The number of unbranched alkanes of at least 4 members (excludes halogenated alkanes) is 1. The van der Waals surface area contributed by atoms with Crippen LogP contribution in [0.2, 0.25) is 0 Å². The van der Waals surface area contributed by atoms with E-state index in [9.17, 15) is 34.8 Å². The van der Waals surface area contributed by atoms with Crippen molar-refractivity contribution < 1.29 is 29.4 Å². The van der Waals surface area contributed by atoms with Crippen LogP contribution in [0.3, 0.4) is 0 Å². The number of carboxylic acid groups (broad SMARTS) is 2. The number of hydrogen-bond acceptors (Lipinski definition) is 6. The van der Waals surface area contributed by atoms with Gasteiger partial charge in [-0.15, -0.1) is 0 Å². The number of benzene rings is 4. The highest BCUT2D eigenvalue weighted by Gasteiger charge is 2.22. The summed E-state index contributed by atoms with van der Waals surface area (Å²) in [6, 6.07) is 37.1. The van der Waals surface area contributed by atoms with Gasteiger partial charge in [0, 0.05) is 69.8 Å². The lowest BCUT2D eigenvalue weighted by Crippen LogP contribution is -2.32. The lowest BCUT2D eigenvalue weighted by molar-refractivity contribution is -0.138. The molecule has 2 N–H and O–H groups in total. The lowest BCUT2D eigenvalue weighted by Gasteiger charge is -2.22. The van der Waals surface area contributed by atoms with Gasteiger partial charge in [-0.2, -0.15) is 10.5 Å². The Morgan fingerprint density at radius 1 is 0.603 bits per heavy atom. The zero-order valence-corrected chi connectivity index (χ0v) is 32.2. The maximum atomic E-state index is 13.2. The van der Waals surface area contributed by atoms with Gasteiger partial charge < -0.3 is 29.1 Å². The van der Waals surface area contributed by atoms with E-state index in [1.165, 1.54) is 11.0 Å². The van der Waals surface area contributed by atoms with Crippen molar-refractivity contribution in [1.29, 1.82) is 10.5 Å². The minimum atomic E-state index is -0.964. The van der Waals surface area contributed by atoms with Crippen molar-refractivity contribution in [2.24, 2.45) is 0 Å². The van der Waals surface area contributed by atoms with E-state index in [2.05, 4.69) is 0 Å². The molecule has 2 heterocycles.